The van der Waals surface area contributed by atoms with Gasteiger partial charge in [0, 0.05) is 16.8 Å². The van der Waals surface area contributed by atoms with Gasteiger partial charge in [-0.15, -0.1) is 0 Å². The average molecular weight is 434 g/mol. The number of nitrogens with zero attached hydrogens (tertiary/aromatic N) is 5. The van der Waals surface area contributed by atoms with E-state index in [0.29, 0.717) is 40.0 Å². The number of carbonyl (C=O) groups excluding carboxylic acids is 1. The van der Waals surface area contributed by atoms with Gasteiger partial charge in [0.2, 0.25) is 18.5 Å². The maximum absolute atomic E-state index is 12.2. The monoisotopic (exact) mass is 434 g/mol. The number of nitro groups is 1. The summed E-state index contributed by atoms with van der Waals surface area (Å²) < 4.78 is 17.2. The molecule has 2 aromatic heterocycles. The summed E-state index contributed by atoms with van der Waals surface area (Å²) in [6.45, 7) is 0.0257. The third kappa shape index (κ3) is 3.84. The minimum absolute atomic E-state index is 0.153. The molecule has 1 amide bonds. The van der Waals surface area contributed by atoms with Crippen LogP contribution in [0, 0.1) is 10.1 Å². The lowest BCUT2D eigenvalue weighted by molar-refractivity contribution is -0.385. The van der Waals surface area contributed by atoms with E-state index in [1.54, 1.807) is 42.5 Å². The smallest absolute Gasteiger partial charge is 0.307 e. The van der Waals surface area contributed by atoms with E-state index in [-0.39, 0.29) is 24.9 Å². The largest absolute Gasteiger partial charge is 0.454 e. The van der Waals surface area contributed by atoms with E-state index in [4.69, 9.17) is 14.0 Å². The molecule has 2 aromatic carbocycles. The molecule has 5 rings (SSSR count). The van der Waals surface area contributed by atoms with E-state index in [0.717, 1.165) is 6.20 Å². The first-order chi connectivity index (χ1) is 15.5. The second-order valence-electron chi connectivity index (χ2n) is 6.77. The van der Waals surface area contributed by atoms with Crippen LogP contribution in [0.15, 0.2) is 59.4 Å². The molecule has 0 spiro atoms. The number of benzene rings is 2. The number of ether oxygens (including phenoxy) is 2. The van der Waals surface area contributed by atoms with Gasteiger partial charge in [-0.25, -0.2) is 0 Å². The fraction of sp³-hybridized carbons (Fsp3) is 0.100. The zero-order chi connectivity index (χ0) is 22.1. The van der Waals surface area contributed by atoms with Crippen LogP contribution in [-0.4, -0.2) is 37.5 Å². The zero-order valence-corrected chi connectivity index (χ0v) is 16.3. The Bertz CT molecular complexity index is 1310. The minimum Gasteiger partial charge on any atom is -0.454 e. The standard InChI is InChI=1S/C20H14N6O6/c27-18(10-25-9-15(8-21-25)26(28)29)22-14-4-1-12(2-5-14)19-23-20(32-24-19)13-3-6-16-17(7-13)31-11-30-16/h1-9H,10-11H2,(H,22,27). The molecule has 0 atom stereocenters. The van der Waals surface area contributed by atoms with Crippen LogP contribution in [0.1, 0.15) is 0 Å². The molecule has 0 bridgehead atoms. The number of fused-ring (bicyclic) bond motifs is 1. The van der Waals surface area contributed by atoms with Crippen molar-refractivity contribution in [3.8, 4) is 34.3 Å². The number of hydrogen-bond acceptors (Lipinski definition) is 9. The molecule has 160 valence electrons. The normalized spacial score (nSPS) is 12.0. The topological polar surface area (TPSA) is 147 Å². The molecule has 32 heavy (non-hydrogen) atoms. The fourth-order valence-corrected chi connectivity index (χ4v) is 3.07. The van der Waals surface area contributed by atoms with Gasteiger partial charge >= 0.3 is 5.69 Å². The summed E-state index contributed by atoms with van der Waals surface area (Å²) in [7, 11) is 0. The highest BCUT2D eigenvalue weighted by molar-refractivity contribution is 5.90. The first-order valence-electron chi connectivity index (χ1n) is 9.36. The highest BCUT2D eigenvalue weighted by Gasteiger charge is 2.17. The van der Waals surface area contributed by atoms with Crippen molar-refractivity contribution in [2.24, 2.45) is 0 Å². The Labute approximate surface area is 179 Å². The van der Waals surface area contributed by atoms with Gasteiger partial charge in [0.1, 0.15) is 18.9 Å². The molecular formula is C20H14N6O6. The summed E-state index contributed by atoms with van der Waals surface area (Å²) in [6.07, 6.45) is 2.28. The second-order valence-corrected chi connectivity index (χ2v) is 6.77. The summed E-state index contributed by atoms with van der Waals surface area (Å²) in [5.41, 5.74) is 1.76. The summed E-state index contributed by atoms with van der Waals surface area (Å²) in [5.74, 6) is 1.63. The molecule has 12 heteroatoms. The van der Waals surface area contributed by atoms with Crippen LogP contribution in [-0.2, 0) is 11.3 Å². The Balaban J connectivity index is 1.25. The Hall–Kier alpha value is -4.74. The van der Waals surface area contributed by atoms with Crippen molar-refractivity contribution in [3.63, 3.8) is 0 Å². The minimum atomic E-state index is -0.573. The number of nitrogens with one attached hydrogen (secondary N) is 1. The first kappa shape index (κ1) is 19.2. The van der Waals surface area contributed by atoms with Crippen LogP contribution in [0.4, 0.5) is 11.4 Å². The number of aromatic nitrogens is 4. The van der Waals surface area contributed by atoms with E-state index in [1.807, 2.05) is 0 Å². The molecule has 0 saturated heterocycles. The Morgan fingerprint density at radius 2 is 1.91 bits per heavy atom. The van der Waals surface area contributed by atoms with Crippen LogP contribution in [0.25, 0.3) is 22.8 Å². The highest BCUT2D eigenvalue weighted by atomic mass is 16.7. The molecule has 0 radical (unpaired) electrons. The van der Waals surface area contributed by atoms with Gasteiger partial charge in [-0.2, -0.15) is 10.1 Å². The molecule has 4 aromatic rings. The molecule has 0 fully saturated rings. The third-order valence-corrected chi connectivity index (χ3v) is 4.61. The molecule has 0 unspecified atom stereocenters. The van der Waals surface area contributed by atoms with Gasteiger partial charge in [0.25, 0.3) is 5.89 Å². The van der Waals surface area contributed by atoms with E-state index in [1.165, 1.54) is 10.9 Å². The van der Waals surface area contributed by atoms with Crippen LogP contribution < -0.4 is 14.8 Å². The summed E-state index contributed by atoms with van der Waals surface area (Å²) in [4.78, 5) is 26.7. The molecule has 1 aliphatic heterocycles. The quantitative estimate of drug-likeness (QED) is 0.357. The second kappa shape index (κ2) is 7.83. The third-order valence-electron chi connectivity index (χ3n) is 4.61. The first-order valence-corrected chi connectivity index (χ1v) is 9.36. The molecule has 1 aliphatic rings. The van der Waals surface area contributed by atoms with E-state index in [9.17, 15) is 14.9 Å². The Morgan fingerprint density at radius 1 is 1.12 bits per heavy atom. The lowest BCUT2D eigenvalue weighted by Crippen LogP contribution is -2.18. The summed E-state index contributed by atoms with van der Waals surface area (Å²) in [6, 6.07) is 12.2. The van der Waals surface area contributed by atoms with Crippen molar-refractivity contribution >= 4 is 17.3 Å². The number of rotatable bonds is 6. The van der Waals surface area contributed by atoms with Crippen molar-refractivity contribution < 1.29 is 23.7 Å². The van der Waals surface area contributed by atoms with Gasteiger partial charge < -0.3 is 19.3 Å². The molecule has 12 nitrogen and oxygen atoms in total. The van der Waals surface area contributed by atoms with Crippen molar-refractivity contribution in [2.45, 2.75) is 6.54 Å². The van der Waals surface area contributed by atoms with E-state index in [2.05, 4.69) is 20.6 Å². The Kier molecular flexibility index (Phi) is 4.71. The van der Waals surface area contributed by atoms with Crippen molar-refractivity contribution in [2.75, 3.05) is 12.1 Å². The van der Waals surface area contributed by atoms with E-state index >= 15 is 0 Å². The van der Waals surface area contributed by atoms with Gasteiger partial charge in [-0.1, -0.05) is 5.16 Å². The van der Waals surface area contributed by atoms with Crippen LogP contribution in [0.3, 0.4) is 0 Å². The summed E-state index contributed by atoms with van der Waals surface area (Å²) in [5, 5.41) is 21.2. The Morgan fingerprint density at radius 3 is 2.69 bits per heavy atom. The van der Waals surface area contributed by atoms with Gasteiger partial charge in [0.05, 0.1) is 4.92 Å². The van der Waals surface area contributed by atoms with Crippen LogP contribution >= 0.6 is 0 Å². The van der Waals surface area contributed by atoms with Crippen molar-refractivity contribution in [1.82, 2.24) is 19.9 Å². The maximum Gasteiger partial charge on any atom is 0.307 e. The lowest BCUT2D eigenvalue weighted by Gasteiger charge is -2.05. The maximum atomic E-state index is 12.2. The van der Waals surface area contributed by atoms with Gasteiger partial charge in [-0.3, -0.25) is 19.6 Å². The zero-order valence-electron chi connectivity index (χ0n) is 16.3. The van der Waals surface area contributed by atoms with Crippen molar-refractivity contribution in [3.05, 3.63) is 65.0 Å². The van der Waals surface area contributed by atoms with Gasteiger partial charge in [0.15, 0.2) is 11.5 Å². The fourth-order valence-electron chi connectivity index (χ4n) is 3.07. The van der Waals surface area contributed by atoms with E-state index < -0.39 is 4.92 Å². The van der Waals surface area contributed by atoms with Crippen LogP contribution in [0.5, 0.6) is 11.5 Å². The molecule has 0 aliphatic carbocycles. The van der Waals surface area contributed by atoms with Crippen LogP contribution in [0.2, 0.25) is 0 Å². The number of hydrogen-bond donors (Lipinski definition) is 1. The SMILES string of the molecule is O=C(Cn1cc([N+](=O)[O-])cn1)Nc1ccc(-c2noc(-c3ccc4c(c3)OCO4)n2)cc1. The highest BCUT2D eigenvalue weighted by Crippen LogP contribution is 2.35. The number of carbonyl (C=O) groups is 1. The number of anilines is 1. The molecule has 1 N–H and O–H groups in total. The predicted octanol–water partition coefficient (Wildman–Crippen LogP) is 2.88. The molecule has 0 saturated carbocycles. The lowest BCUT2D eigenvalue weighted by atomic mass is 10.2. The molecular weight excluding hydrogens is 420 g/mol. The summed E-state index contributed by atoms with van der Waals surface area (Å²) >= 11 is 0. The average Bonchev–Trinajstić information content (AvgIpc) is 3.54. The predicted molar refractivity (Wildman–Crippen MR) is 109 cm³/mol. The van der Waals surface area contributed by atoms with Crippen molar-refractivity contribution in [1.29, 1.82) is 0 Å². The van der Waals surface area contributed by atoms with Gasteiger partial charge in [-0.05, 0) is 42.5 Å². The molecule has 3 heterocycles. The number of amides is 1.